The summed E-state index contributed by atoms with van der Waals surface area (Å²) in [4.78, 5) is 25.7. The lowest BCUT2D eigenvalue weighted by molar-refractivity contribution is -0.116. The van der Waals surface area contributed by atoms with Crippen molar-refractivity contribution in [2.75, 3.05) is 23.9 Å². The third-order valence-corrected chi connectivity index (χ3v) is 3.97. The summed E-state index contributed by atoms with van der Waals surface area (Å²) in [5, 5.41) is 2.87. The second-order valence-corrected chi connectivity index (χ2v) is 5.45. The van der Waals surface area contributed by atoms with Crippen LogP contribution in [0.2, 0.25) is 0 Å². The summed E-state index contributed by atoms with van der Waals surface area (Å²) in [7, 11) is 1.58. The molecule has 2 aromatic rings. The number of amides is 2. The van der Waals surface area contributed by atoms with Crippen LogP contribution in [0.3, 0.4) is 0 Å². The zero-order valence-corrected chi connectivity index (χ0v) is 13.1. The number of nitrogens with one attached hydrogen (secondary N) is 1. The summed E-state index contributed by atoms with van der Waals surface area (Å²) in [6.45, 7) is 2.25. The van der Waals surface area contributed by atoms with Crippen molar-refractivity contribution in [1.82, 2.24) is 0 Å². The van der Waals surface area contributed by atoms with E-state index in [2.05, 4.69) is 5.32 Å². The van der Waals surface area contributed by atoms with Crippen molar-refractivity contribution < 1.29 is 14.3 Å². The van der Waals surface area contributed by atoms with Crippen LogP contribution in [0.15, 0.2) is 42.5 Å². The summed E-state index contributed by atoms with van der Waals surface area (Å²) in [5.41, 5.74) is 3.24. The number of ether oxygens (including phenoxy) is 1. The van der Waals surface area contributed by atoms with Gasteiger partial charge in [0.05, 0.1) is 7.11 Å². The molecule has 1 heterocycles. The Bertz CT molecular complexity index is 753. The molecular weight excluding hydrogens is 292 g/mol. The van der Waals surface area contributed by atoms with Crippen molar-refractivity contribution >= 4 is 23.2 Å². The molecule has 0 spiro atoms. The molecule has 5 heteroatoms. The molecule has 1 aliphatic rings. The average Bonchev–Trinajstić information content (AvgIpc) is 2.98. The topological polar surface area (TPSA) is 58.6 Å². The number of hydrogen-bond donors (Lipinski definition) is 1. The Morgan fingerprint density at radius 3 is 2.52 bits per heavy atom. The zero-order valence-electron chi connectivity index (χ0n) is 13.1. The maximum atomic E-state index is 12.3. The van der Waals surface area contributed by atoms with Gasteiger partial charge in [0.2, 0.25) is 5.91 Å². The first-order valence-electron chi connectivity index (χ1n) is 7.45. The summed E-state index contributed by atoms with van der Waals surface area (Å²) < 4.78 is 5.08. The van der Waals surface area contributed by atoms with Crippen LogP contribution in [0, 0.1) is 0 Å². The normalized spacial score (nSPS) is 12.7. The summed E-state index contributed by atoms with van der Waals surface area (Å²) in [6, 6.07) is 12.6. The average molecular weight is 310 g/mol. The minimum Gasteiger partial charge on any atom is -0.497 e. The zero-order chi connectivity index (χ0) is 16.4. The van der Waals surface area contributed by atoms with Gasteiger partial charge in [0, 0.05) is 30.4 Å². The smallest absolute Gasteiger partial charge is 0.255 e. The van der Waals surface area contributed by atoms with E-state index in [1.165, 1.54) is 0 Å². The van der Waals surface area contributed by atoms with Gasteiger partial charge in [-0.25, -0.2) is 0 Å². The Labute approximate surface area is 134 Å². The highest BCUT2D eigenvalue weighted by molar-refractivity contribution is 6.05. The third kappa shape index (κ3) is 3.04. The van der Waals surface area contributed by atoms with Crippen molar-refractivity contribution in [3.63, 3.8) is 0 Å². The standard InChI is InChI=1S/C18H18N2O3/c1-12(21)20-10-9-13-3-6-15(11-17(13)20)19-18(22)14-4-7-16(23-2)8-5-14/h3-8,11H,9-10H2,1-2H3,(H,19,22). The maximum absolute atomic E-state index is 12.3. The quantitative estimate of drug-likeness (QED) is 0.948. The van der Waals surface area contributed by atoms with Gasteiger partial charge < -0.3 is 15.0 Å². The lowest BCUT2D eigenvalue weighted by Gasteiger charge is -2.16. The van der Waals surface area contributed by atoms with E-state index in [0.717, 1.165) is 17.7 Å². The molecule has 118 valence electrons. The molecule has 1 aliphatic heterocycles. The maximum Gasteiger partial charge on any atom is 0.255 e. The number of benzene rings is 2. The molecule has 2 amide bonds. The van der Waals surface area contributed by atoms with Crippen molar-refractivity contribution in [1.29, 1.82) is 0 Å². The monoisotopic (exact) mass is 310 g/mol. The van der Waals surface area contributed by atoms with E-state index < -0.39 is 0 Å². The van der Waals surface area contributed by atoms with E-state index in [1.54, 1.807) is 43.2 Å². The lowest BCUT2D eigenvalue weighted by Crippen LogP contribution is -2.25. The fourth-order valence-electron chi connectivity index (χ4n) is 2.73. The molecule has 2 aromatic carbocycles. The molecule has 0 aliphatic carbocycles. The lowest BCUT2D eigenvalue weighted by atomic mass is 10.1. The largest absolute Gasteiger partial charge is 0.497 e. The molecule has 5 nitrogen and oxygen atoms in total. The number of nitrogens with zero attached hydrogens (tertiary/aromatic N) is 1. The van der Waals surface area contributed by atoms with Crippen LogP contribution in [-0.4, -0.2) is 25.5 Å². The predicted octanol–water partition coefficient (Wildman–Crippen LogP) is 2.86. The second-order valence-electron chi connectivity index (χ2n) is 5.45. The van der Waals surface area contributed by atoms with Crippen LogP contribution in [0.5, 0.6) is 5.75 Å². The van der Waals surface area contributed by atoms with Crippen LogP contribution in [-0.2, 0) is 11.2 Å². The van der Waals surface area contributed by atoms with Gasteiger partial charge in [-0.15, -0.1) is 0 Å². The Morgan fingerprint density at radius 2 is 1.87 bits per heavy atom. The van der Waals surface area contributed by atoms with Gasteiger partial charge in [0.15, 0.2) is 0 Å². The molecule has 0 fully saturated rings. The number of anilines is 2. The van der Waals surface area contributed by atoms with Crippen molar-refractivity contribution in [3.8, 4) is 5.75 Å². The van der Waals surface area contributed by atoms with Gasteiger partial charge in [-0.05, 0) is 48.4 Å². The second kappa shape index (κ2) is 6.12. The Hall–Kier alpha value is -2.82. The molecular formula is C18H18N2O3. The van der Waals surface area contributed by atoms with Gasteiger partial charge in [0.1, 0.15) is 5.75 Å². The van der Waals surface area contributed by atoms with Crippen LogP contribution in [0.25, 0.3) is 0 Å². The number of hydrogen-bond acceptors (Lipinski definition) is 3. The minimum absolute atomic E-state index is 0.0161. The van der Waals surface area contributed by atoms with Crippen molar-refractivity contribution in [2.45, 2.75) is 13.3 Å². The van der Waals surface area contributed by atoms with E-state index in [0.29, 0.717) is 23.5 Å². The molecule has 23 heavy (non-hydrogen) atoms. The molecule has 0 radical (unpaired) electrons. The molecule has 0 saturated heterocycles. The van der Waals surface area contributed by atoms with E-state index in [-0.39, 0.29) is 11.8 Å². The number of methoxy groups -OCH3 is 1. The van der Waals surface area contributed by atoms with Gasteiger partial charge in [0.25, 0.3) is 5.91 Å². The third-order valence-electron chi connectivity index (χ3n) is 3.97. The molecule has 1 N–H and O–H groups in total. The first-order chi connectivity index (χ1) is 11.1. The van der Waals surface area contributed by atoms with Gasteiger partial charge in [-0.1, -0.05) is 6.07 Å². The molecule has 3 rings (SSSR count). The van der Waals surface area contributed by atoms with Crippen LogP contribution in [0.4, 0.5) is 11.4 Å². The van der Waals surface area contributed by atoms with Gasteiger partial charge >= 0.3 is 0 Å². The fraction of sp³-hybridized carbons (Fsp3) is 0.222. The number of fused-ring (bicyclic) bond motifs is 1. The van der Waals surface area contributed by atoms with E-state index in [1.807, 2.05) is 18.2 Å². The van der Waals surface area contributed by atoms with Crippen molar-refractivity contribution in [2.24, 2.45) is 0 Å². The molecule has 0 unspecified atom stereocenters. The molecule has 0 atom stereocenters. The Kier molecular flexibility index (Phi) is 4.02. The predicted molar refractivity (Wildman–Crippen MR) is 89.1 cm³/mol. The van der Waals surface area contributed by atoms with Crippen LogP contribution < -0.4 is 15.0 Å². The highest BCUT2D eigenvalue weighted by Crippen LogP contribution is 2.31. The van der Waals surface area contributed by atoms with E-state index >= 15 is 0 Å². The number of carbonyl (C=O) groups is 2. The van der Waals surface area contributed by atoms with Crippen LogP contribution in [0.1, 0.15) is 22.8 Å². The number of rotatable bonds is 3. The highest BCUT2D eigenvalue weighted by Gasteiger charge is 2.22. The molecule has 0 saturated carbocycles. The summed E-state index contributed by atoms with van der Waals surface area (Å²) in [5.74, 6) is 0.526. The molecule has 0 aromatic heterocycles. The Morgan fingerprint density at radius 1 is 1.13 bits per heavy atom. The van der Waals surface area contributed by atoms with Gasteiger partial charge in [-0.2, -0.15) is 0 Å². The van der Waals surface area contributed by atoms with Crippen LogP contribution >= 0.6 is 0 Å². The van der Waals surface area contributed by atoms with Crippen molar-refractivity contribution in [3.05, 3.63) is 53.6 Å². The van der Waals surface area contributed by atoms with E-state index in [9.17, 15) is 9.59 Å². The first-order valence-corrected chi connectivity index (χ1v) is 7.45. The highest BCUT2D eigenvalue weighted by atomic mass is 16.5. The summed E-state index contributed by atoms with van der Waals surface area (Å²) >= 11 is 0. The summed E-state index contributed by atoms with van der Waals surface area (Å²) in [6.07, 6.45) is 0.849. The number of carbonyl (C=O) groups excluding carboxylic acids is 2. The Balaban J connectivity index is 1.79. The van der Waals surface area contributed by atoms with E-state index in [4.69, 9.17) is 4.74 Å². The SMILES string of the molecule is COc1ccc(C(=O)Nc2ccc3c(c2)N(C(C)=O)CC3)cc1. The first kappa shape index (κ1) is 15.1. The minimum atomic E-state index is -0.194. The molecule has 0 bridgehead atoms. The fourth-order valence-corrected chi connectivity index (χ4v) is 2.73. The van der Waals surface area contributed by atoms with Gasteiger partial charge in [-0.3, -0.25) is 9.59 Å².